The number of rotatable bonds is 20. The van der Waals surface area contributed by atoms with Crippen LogP contribution in [0.3, 0.4) is 0 Å². The molecule has 0 radical (unpaired) electrons. The maximum atomic E-state index is 4.81. The molecule has 0 aliphatic heterocycles. The summed E-state index contributed by atoms with van der Waals surface area (Å²) >= 11 is 0. The molecule has 170 valence electrons. The molecule has 0 spiro atoms. The summed E-state index contributed by atoms with van der Waals surface area (Å²) in [6.07, 6.45) is 27.6. The summed E-state index contributed by atoms with van der Waals surface area (Å²) in [4.78, 5) is 4.81. The number of aromatic nitrogens is 2. The van der Waals surface area contributed by atoms with Gasteiger partial charge in [-0.1, -0.05) is 124 Å². The lowest BCUT2D eigenvalue weighted by molar-refractivity contribution is 0.505. The van der Waals surface area contributed by atoms with Gasteiger partial charge in [0.25, 0.3) is 0 Å². The minimum Gasteiger partial charge on any atom is -0.334 e. The van der Waals surface area contributed by atoms with Gasteiger partial charge in [-0.15, -0.1) is 0 Å². The van der Waals surface area contributed by atoms with Gasteiger partial charge in [0.05, 0.1) is 5.69 Å². The SMILES string of the molecule is CCCCCCCCCCCCCCCCCC(C)c1nc(C)cn1CCCC. The van der Waals surface area contributed by atoms with E-state index in [9.17, 15) is 0 Å². The van der Waals surface area contributed by atoms with E-state index in [1.807, 2.05) is 0 Å². The van der Waals surface area contributed by atoms with Crippen LogP contribution in [0.1, 0.15) is 154 Å². The van der Waals surface area contributed by atoms with E-state index in [1.165, 1.54) is 127 Å². The van der Waals surface area contributed by atoms with E-state index in [-0.39, 0.29) is 0 Å². The lowest BCUT2D eigenvalue weighted by Gasteiger charge is -2.14. The van der Waals surface area contributed by atoms with Gasteiger partial charge in [0.1, 0.15) is 5.82 Å². The highest BCUT2D eigenvalue weighted by Gasteiger charge is 2.13. The van der Waals surface area contributed by atoms with Crippen LogP contribution in [0.15, 0.2) is 6.20 Å². The van der Waals surface area contributed by atoms with Crippen LogP contribution in [-0.2, 0) is 6.54 Å². The summed E-state index contributed by atoms with van der Waals surface area (Å²) in [5, 5.41) is 0. The second-order valence-electron chi connectivity index (χ2n) is 9.43. The number of hydrogen-bond acceptors (Lipinski definition) is 1. The molecule has 0 amide bonds. The number of aryl methyl sites for hydroxylation is 2. The van der Waals surface area contributed by atoms with Crippen molar-refractivity contribution >= 4 is 0 Å². The van der Waals surface area contributed by atoms with Crippen molar-refractivity contribution in [1.82, 2.24) is 9.55 Å². The zero-order valence-electron chi connectivity index (χ0n) is 20.5. The van der Waals surface area contributed by atoms with Gasteiger partial charge in [0, 0.05) is 18.7 Å². The van der Waals surface area contributed by atoms with Crippen LogP contribution in [0.4, 0.5) is 0 Å². The third kappa shape index (κ3) is 13.2. The highest BCUT2D eigenvalue weighted by atomic mass is 15.1. The summed E-state index contributed by atoms with van der Waals surface area (Å²) < 4.78 is 2.41. The summed E-state index contributed by atoms with van der Waals surface area (Å²) in [5.41, 5.74) is 1.18. The number of unbranched alkanes of at least 4 members (excludes halogenated alkanes) is 15. The Morgan fingerprint density at radius 1 is 0.690 bits per heavy atom. The smallest absolute Gasteiger partial charge is 0.111 e. The van der Waals surface area contributed by atoms with Crippen LogP contribution < -0.4 is 0 Å². The highest BCUT2D eigenvalue weighted by molar-refractivity contribution is 5.06. The first-order chi connectivity index (χ1) is 14.2. The predicted octanol–water partition coefficient (Wildman–Crippen LogP) is 9.36. The van der Waals surface area contributed by atoms with Gasteiger partial charge in [-0.25, -0.2) is 4.98 Å². The summed E-state index contributed by atoms with van der Waals surface area (Å²) in [7, 11) is 0. The van der Waals surface area contributed by atoms with Crippen molar-refractivity contribution in [1.29, 1.82) is 0 Å². The Bertz CT molecular complexity index is 477. The molecule has 0 aliphatic rings. The van der Waals surface area contributed by atoms with Crippen LogP contribution >= 0.6 is 0 Å². The van der Waals surface area contributed by atoms with Crippen molar-refractivity contribution in [3.63, 3.8) is 0 Å². The Kier molecular flexibility index (Phi) is 16.3. The first-order valence-corrected chi connectivity index (χ1v) is 13.2. The second-order valence-corrected chi connectivity index (χ2v) is 9.43. The molecule has 1 rings (SSSR count). The molecule has 0 N–H and O–H groups in total. The van der Waals surface area contributed by atoms with E-state index < -0.39 is 0 Å². The predicted molar refractivity (Wildman–Crippen MR) is 130 cm³/mol. The topological polar surface area (TPSA) is 17.8 Å². The largest absolute Gasteiger partial charge is 0.334 e. The minimum absolute atomic E-state index is 0.600. The molecule has 29 heavy (non-hydrogen) atoms. The van der Waals surface area contributed by atoms with Crippen LogP contribution in [-0.4, -0.2) is 9.55 Å². The monoisotopic (exact) mass is 404 g/mol. The number of nitrogens with zero attached hydrogens (tertiary/aromatic N) is 2. The van der Waals surface area contributed by atoms with Crippen molar-refractivity contribution in [2.24, 2.45) is 0 Å². The Labute approximate surface area is 183 Å². The summed E-state index contributed by atoms with van der Waals surface area (Å²) in [6, 6.07) is 0. The zero-order chi connectivity index (χ0) is 21.2. The molecule has 0 saturated carbocycles. The zero-order valence-corrected chi connectivity index (χ0v) is 20.5. The van der Waals surface area contributed by atoms with Gasteiger partial charge in [-0.3, -0.25) is 0 Å². The standard InChI is InChI=1S/C27H52N2/c1-5-7-9-10-11-12-13-14-15-16-17-18-19-20-21-22-25(3)27-28-26(4)24-29(27)23-8-6-2/h24-25H,5-23H2,1-4H3. The average Bonchev–Trinajstić information content (AvgIpc) is 3.09. The fourth-order valence-electron chi connectivity index (χ4n) is 4.42. The van der Waals surface area contributed by atoms with Crippen LogP contribution in [0.25, 0.3) is 0 Å². The van der Waals surface area contributed by atoms with E-state index in [1.54, 1.807) is 0 Å². The Balaban J connectivity index is 1.94. The van der Waals surface area contributed by atoms with E-state index in [2.05, 4.69) is 38.5 Å². The first kappa shape index (κ1) is 26.2. The minimum atomic E-state index is 0.600. The van der Waals surface area contributed by atoms with E-state index in [4.69, 9.17) is 4.98 Å². The van der Waals surface area contributed by atoms with Gasteiger partial charge in [-0.2, -0.15) is 0 Å². The molecule has 1 aromatic heterocycles. The second kappa shape index (κ2) is 18.0. The van der Waals surface area contributed by atoms with Crippen molar-refractivity contribution < 1.29 is 0 Å². The van der Waals surface area contributed by atoms with E-state index >= 15 is 0 Å². The lowest BCUT2D eigenvalue weighted by Crippen LogP contribution is -2.07. The van der Waals surface area contributed by atoms with Crippen LogP contribution in [0.5, 0.6) is 0 Å². The Hall–Kier alpha value is -0.790. The maximum Gasteiger partial charge on any atom is 0.111 e. The van der Waals surface area contributed by atoms with Crippen LogP contribution in [0.2, 0.25) is 0 Å². The normalized spacial score (nSPS) is 12.6. The lowest BCUT2D eigenvalue weighted by atomic mass is 10.0. The highest BCUT2D eigenvalue weighted by Crippen LogP contribution is 2.23. The molecule has 0 aliphatic carbocycles. The van der Waals surface area contributed by atoms with Gasteiger partial charge in [0.15, 0.2) is 0 Å². The van der Waals surface area contributed by atoms with Gasteiger partial charge in [-0.05, 0) is 19.8 Å². The molecule has 1 aromatic rings. The van der Waals surface area contributed by atoms with Gasteiger partial charge >= 0.3 is 0 Å². The van der Waals surface area contributed by atoms with Crippen LogP contribution in [0, 0.1) is 6.92 Å². The number of imidazole rings is 1. The molecular formula is C27H52N2. The molecule has 0 aromatic carbocycles. The van der Waals surface area contributed by atoms with E-state index in [0.29, 0.717) is 5.92 Å². The fourth-order valence-corrected chi connectivity index (χ4v) is 4.42. The molecule has 0 fully saturated rings. The quantitative estimate of drug-likeness (QED) is 0.198. The van der Waals surface area contributed by atoms with Crippen molar-refractivity contribution in [2.45, 2.75) is 156 Å². The number of hydrogen-bond donors (Lipinski definition) is 0. The first-order valence-electron chi connectivity index (χ1n) is 13.2. The summed E-state index contributed by atoms with van der Waals surface area (Å²) in [6.45, 7) is 10.2. The van der Waals surface area contributed by atoms with Gasteiger partial charge in [0.2, 0.25) is 0 Å². The molecule has 2 heteroatoms. The summed E-state index contributed by atoms with van der Waals surface area (Å²) in [5.74, 6) is 1.92. The molecule has 0 bridgehead atoms. The third-order valence-corrected chi connectivity index (χ3v) is 6.36. The molecule has 2 nitrogen and oxygen atoms in total. The Morgan fingerprint density at radius 3 is 1.62 bits per heavy atom. The maximum absolute atomic E-state index is 4.81. The van der Waals surface area contributed by atoms with Crippen molar-refractivity contribution in [2.75, 3.05) is 0 Å². The van der Waals surface area contributed by atoms with Crippen molar-refractivity contribution in [3.8, 4) is 0 Å². The Morgan fingerprint density at radius 2 is 1.14 bits per heavy atom. The fraction of sp³-hybridized carbons (Fsp3) is 0.889. The molecule has 1 heterocycles. The van der Waals surface area contributed by atoms with E-state index in [0.717, 1.165) is 6.54 Å². The third-order valence-electron chi connectivity index (χ3n) is 6.36. The molecule has 1 unspecified atom stereocenters. The average molecular weight is 405 g/mol. The molecular weight excluding hydrogens is 352 g/mol. The molecule has 1 atom stereocenters. The van der Waals surface area contributed by atoms with Crippen molar-refractivity contribution in [3.05, 3.63) is 17.7 Å². The molecule has 0 saturated heterocycles. The van der Waals surface area contributed by atoms with Gasteiger partial charge < -0.3 is 4.57 Å².